The van der Waals surface area contributed by atoms with E-state index in [1.54, 1.807) is 12.1 Å². The molecule has 0 aliphatic carbocycles. The highest BCUT2D eigenvalue weighted by atomic mass is 35.5. The molecule has 1 atom stereocenters. The molecule has 1 N–H and O–H groups in total. The minimum atomic E-state index is -0.351. The van der Waals surface area contributed by atoms with E-state index >= 15 is 0 Å². The van der Waals surface area contributed by atoms with Gasteiger partial charge in [-0.25, -0.2) is 0 Å². The molecule has 1 saturated heterocycles. The van der Waals surface area contributed by atoms with Crippen molar-refractivity contribution in [2.45, 2.75) is 18.8 Å². The van der Waals surface area contributed by atoms with Crippen molar-refractivity contribution in [3.05, 3.63) is 38.9 Å². The lowest BCUT2D eigenvalue weighted by Gasteiger charge is -2.22. The van der Waals surface area contributed by atoms with Crippen LogP contribution >= 0.6 is 11.6 Å². The monoisotopic (exact) mass is 240 g/mol. The van der Waals surface area contributed by atoms with Crippen molar-refractivity contribution in [2.75, 3.05) is 13.1 Å². The van der Waals surface area contributed by atoms with Gasteiger partial charge in [0.1, 0.15) is 0 Å². The number of rotatable bonds is 2. The maximum Gasteiger partial charge on any atom is 0.274 e. The van der Waals surface area contributed by atoms with Gasteiger partial charge in [-0.05, 0) is 25.5 Å². The first-order valence-electron chi connectivity index (χ1n) is 5.33. The molecule has 86 valence electrons. The quantitative estimate of drug-likeness (QED) is 0.639. The van der Waals surface area contributed by atoms with Gasteiger partial charge in [0.05, 0.1) is 4.92 Å². The molecule has 5 heteroatoms. The number of nitrogens with zero attached hydrogens (tertiary/aromatic N) is 1. The second-order valence-corrected chi connectivity index (χ2v) is 4.44. The third-order valence-corrected chi connectivity index (χ3v) is 3.16. The Morgan fingerprint density at radius 3 is 2.94 bits per heavy atom. The lowest BCUT2D eigenvalue weighted by molar-refractivity contribution is -0.385. The first kappa shape index (κ1) is 11.4. The molecular formula is C11H13ClN2O2. The number of piperidine rings is 1. The van der Waals surface area contributed by atoms with Crippen LogP contribution in [0.5, 0.6) is 0 Å². The summed E-state index contributed by atoms with van der Waals surface area (Å²) in [5.41, 5.74) is 0.933. The lowest BCUT2D eigenvalue weighted by Crippen LogP contribution is -2.28. The van der Waals surface area contributed by atoms with Crippen LogP contribution in [0.1, 0.15) is 24.3 Å². The average Bonchev–Trinajstić information content (AvgIpc) is 2.30. The maximum absolute atomic E-state index is 10.9. The smallest absolute Gasteiger partial charge is 0.274 e. The molecule has 1 aliphatic heterocycles. The molecule has 1 aromatic rings. The number of hydrogen-bond donors (Lipinski definition) is 1. The van der Waals surface area contributed by atoms with Crippen LogP contribution in [-0.4, -0.2) is 18.0 Å². The fourth-order valence-electron chi connectivity index (χ4n) is 2.14. The van der Waals surface area contributed by atoms with E-state index in [0.717, 1.165) is 31.5 Å². The number of halogens is 1. The van der Waals surface area contributed by atoms with Gasteiger partial charge in [0.2, 0.25) is 0 Å². The molecule has 1 aliphatic rings. The Kier molecular flexibility index (Phi) is 3.41. The molecule has 1 aromatic carbocycles. The minimum absolute atomic E-state index is 0.140. The highest BCUT2D eigenvalue weighted by molar-refractivity contribution is 6.30. The van der Waals surface area contributed by atoms with Gasteiger partial charge in [0.25, 0.3) is 5.69 Å². The lowest BCUT2D eigenvalue weighted by atomic mass is 9.90. The Labute approximate surface area is 98.8 Å². The summed E-state index contributed by atoms with van der Waals surface area (Å²) in [6.45, 7) is 1.81. The average molecular weight is 241 g/mol. The van der Waals surface area contributed by atoms with Gasteiger partial charge in [-0.3, -0.25) is 10.1 Å². The molecule has 1 unspecified atom stereocenters. The summed E-state index contributed by atoms with van der Waals surface area (Å²) < 4.78 is 0. The van der Waals surface area contributed by atoms with Gasteiger partial charge in [0.15, 0.2) is 0 Å². The van der Waals surface area contributed by atoms with E-state index in [9.17, 15) is 10.1 Å². The van der Waals surface area contributed by atoms with Gasteiger partial charge >= 0.3 is 0 Å². The van der Waals surface area contributed by atoms with Crippen LogP contribution in [0.15, 0.2) is 18.2 Å². The van der Waals surface area contributed by atoms with Crippen LogP contribution in [-0.2, 0) is 0 Å². The first-order valence-corrected chi connectivity index (χ1v) is 5.71. The van der Waals surface area contributed by atoms with Gasteiger partial charge < -0.3 is 5.32 Å². The molecule has 0 radical (unpaired) electrons. The van der Waals surface area contributed by atoms with Crippen LogP contribution in [0.2, 0.25) is 5.02 Å². The third-order valence-electron chi connectivity index (χ3n) is 2.93. The van der Waals surface area contributed by atoms with Crippen LogP contribution in [0.3, 0.4) is 0 Å². The summed E-state index contributed by atoms with van der Waals surface area (Å²) in [5.74, 6) is 0.228. The van der Waals surface area contributed by atoms with Crippen molar-refractivity contribution in [3.63, 3.8) is 0 Å². The summed E-state index contributed by atoms with van der Waals surface area (Å²) >= 11 is 5.78. The molecule has 16 heavy (non-hydrogen) atoms. The number of nitro groups is 1. The largest absolute Gasteiger partial charge is 0.316 e. The van der Waals surface area contributed by atoms with Crippen molar-refractivity contribution >= 4 is 17.3 Å². The summed E-state index contributed by atoms with van der Waals surface area (Å²) in [5, 5.41) is 14.6. The Morgan fingerprint density at radius 1 is 1.50 bits per heavy atom. The highest BCUT2D eigenvalue weighted by Gasteiger charge is 2.23. The van der Waals surface area contributed by atoms with Crippen LogP contribution < -0.4 is 5.32 Å². The second kappa shape index (κ2) is 4.80. The number of nitrogens with one attached hydrogen (secondary N) is 1. The summed E-state index contributed by atoms with van der Waals surface area (Å²) in [6.07, 6.45) is 2.06. The van der Waals surface area contributed by atoms with Crippen LogP contribution in [0, 0.1) is 10.1 Å². The molecule has 0 bridgehead atoms. The fourth-order valence-corrected chi connectivity index (χ4v) is 2.30. The van der Waals surface area contributed by atoms with Crippen molar-refractivity contribution in [1.29, 1.82) is 0 Å². The summed E-state index contributed by atoms with van der Waals surface area (Å²) in [7, 11) is 0. The Balaban J connectivity index is 2.34. The second-order valence-electron chi connectivity index (χ2n) is 4.00. The molecule has 0 amide bonds. The zero-order valence-electron chi connectivity index (χ0n) is 8.78. The summed E-state index contributed by atoms with van der Waals surface area (Å²) in [4.78, 5) is 10.6. The van der Waals surface area contributed by atoms with Crippen molar-refractivity contribution in [1.82, 2.24) is 5.32 Å². The van der Waals surface area contributed by atoms with E-state index in [1.807, 2.05) is 0 Å². The minimum Gasteiger partial charge on any atom is -0.316 e. The fraction of sp³-hybridized carbons (Fsp3) is 0.455. The predicted octanol–water partition coefficient (Wildman–Crippen LogP) is 2.72. The standard InChI is InChI=1S/C11H13ClN2O2/c12-9-3-4-10(11(6-9)14(15)16)8-2-1-5-13-7-8/h3-4,6,8,13H,1-2,5,7H2. The van der Waals surface area contributed by atoms with Crippen molar-refractivity contribution < 1.29 is 4.92 Å². The Morgan fingerprint density at radius 2 is 2.31 bits per heavy atom. The van der Waals surface area contributed by atoms with Gasteiger partial charge in [-0.15, -0.1) is 0 Å². The zero-order chi connectivity index (χ0) is 11.5. The van der Waals surface area contributed by atoms with E-state index in [-0.39, 0.29) is 16.5 Å². The molecule has 0 saturated carbocycles. The van der Waals surface area contributed by atoms with Crippen LogP contribution in [0.4, 0.5) is 5.69 Å². The Bertz CT molecular complexity index is 403. The normalized spacial score (nSPS) is 20.7. The molecule has 2 rings (SSSR count). The molecule has 1 fully saturated rings. The van der Waals surface area contributed by atoms with Gasteiger partial charge in [-0.1, -0.05) is 17.7 Å². The van der Waals surface area contributed by atoms with E-state index in [0.29, 0.717) is 5.02 Å². The maximum atomic E-state index is 10.9. The van der Waals surface area contributed by atoms with E-state index in [4.69, 9.17) is 11.6 Å². The Hall–Kier alpha value is -1.13. The third kappa shape index (κ3) is 2.33. The molecule has 4 nitrogen and oxygen atoms in total. The molecule has 1 heterocycles. The van der Waals surface area contributed by atoms with E-state index in [2.05, 4.69) is 5.32 Å². The van der Waals surface area contributed by atoms with Crippen molar-refractivity contribution in [2.24, 2.45) is 0 Å². The summed E-state index contributed by atoms with van der Waals surface area (Å²) in [6, 6.07) is 4.93. The first-order chi connectivity index (χ1) is 7.68. The zero-order valence-corrected chi connectivity index (χ0v) is 9.54. The van der Waals surface area contributed by atoms with E-state index in [1.165, 1.54) is 6.07 Å². The van der Waals surface area contributed by atoms with Crippen molar-refractivity contribution in [3.8, 4) is 0 Å². The topological polar surface area (TPSA) is 55.2 Å². The van der Waals surface area contributed by atoms with Gasteiger partial charge in [0, 0.05) is 29.1 Å². The number of benzene rings is 1. The molecular weight excluding hydrogens is 228 g/mol. The predicted molar refractivity (Wildman–Crippen MR) is 63.0 cm³/mol. The van der Waals surface area contributed by atoms with Gasteiger partial charge in [-0.2, -0.15) is 0 Å². The SMILES string of the molecule is O=[N+]([O-])c1cc(Cl)ccc1C1CCCNC1. The number of nitro benzene ring substituents is 1. The number of hydrogen-bond acceptors (Lipinski definition) is 3. The van der Waals surface area contributed by atoms with Crippen LogP contribution in [0.25, 0.3) is 0 Å². The molecule has 0 aromatic heterocycles. The highest BCUT2D eigenvalue weighted by Crippen LogP contribution is 2.32. The van der Waals surface area contributed by atoms with E-state index < -0.39 is 0 Å². The molecule has 0 spiro atoms.